The number of hydrogen-bond donors (Lipinski definition) is 2. The average molecular weight is 375 g/mol. The molecule has 0 bridgehead atoms. The summed E-state index contributed by atoms with van der Waals surface area (Å²) in [6.07, 6.45) is 7.57. The Bertz CT molecular complexity index is 642. The fourth-order valence-corrected chi connectivity index (χ4v) is 4.79. The van der Waals surface area contributed by atoms with Gasteiger partial charge in [-0.05, 0) is 54.9 Å². The highest BCUT2D eigenvalue weighted by atomic mass is 16.3. The number of phenols is 2. The third kappa shape index (κ3) is 4.36. The van der Waals surface area contributed by atoms with Gasteiger partial charge in [0.15, 0.2) is 12.6 Å². The molecular formula is C23H34O4. The number of phenolic OH excluding ortho intramolecular Hbond substituents is 2. The van der Waals surface area contributed by atoms with Crippen LogP contribution in [0.25, 0.3) is 0 Å². The number of benzene rings is 1. The largest absolute Gasteiger partial charge is 0.507 e. The Morgan fingerprint density at radius 2 is 1.63 bits per heavy atom. The Labute approximate surface area is 163 Å². The summed E-state index contributed by atoms with van der Waals surface area (Å²) in [5.74, 6) is 0.893. The third-order valence-corrected chi connectivity index (χ3v) is 6.33. The lowest BCUT2D eigenvalue weighted by Gasteiger charge is -2.38. The van der Waals surface area contributed by atoms with Gasteiger partial charge in [-0.15, -0.1) is 0 Å². The van der Waals surface area contributed by atoms with Crippen LogP contribution in [0.15, 0.2) is 0 Å². The van der Waals surface area contributed by atoms with Gasteiger partial charge < -0.3 is 10.2 Å². The Morgan fingerprint density at radius 3 is 2.11 bits per heavy atom. The van der Waals surface area contributed by atoms with E-state index in [1.807, 2.05) is 0 Å². The van der Waals surface area contributed by atoms with Crippen LogP contribution in [0.3, 0.4) is 0 Å². The van der Waals surface area contributed by atoms with Crippen LogP contribution in [0.4, 0.5) is 0 Å². The second-order valence-electron chi connectivity index (χ2n) is 8.54. The minimum atomic E-state index is -0.121. The number of carbonyl (C=O) groups excluding carboxylic acids is 2. The number of aromatic hydroxyl groups is 2. The van der Waals surface area contributed by atoms with Crippen molar-refractivity contribution in [2.24, 2.45) is 17.8 Å². The molecule has 150 valence electrons. The Balaban J connectivity index is 2.62. The summed E-state index contributed by atoms with van der Waals surface area (Å²) in [6, 6.07) is 0. The normalized spacial score (nSPS) is 22.8. The molecule has 1 aromatic carbocycles. The second kappa shape index (κ2) is 9.38. The lowest BCUT2D eigenvalue weighted by atomic mass is 9.66. The van der Waals surface area contributed by atoms with Crippen molar-refractivity contribution in [1.29, 1.82) is 0 Å². The van der Waals surface area contributed by atoms with E-state index < -0.39 is 0 Å². The van der Waals surface area contributed by atoms with Crippen molar-refractivity contribution in [2.75, 3.05) is 0 Å². The highest BCUT2D eigenvalue weighted by Gasteiger charge is 2.37. The molecule has 1 fully saturated rings. The van der Waals surface area contributed by atoms with Crippen molar-refractivity contribution >= 4 is 12.6 Å². The second-order valence-corrected chi connectivity index (χ2v) is 8.54. The fourth-order valence-electron chi connectivity index (χ4n) is 4.79. The summed E-state index contributed by atoms with van der Waals surface area (Å²) < 4.78 is 0. The van der Waals surface area contributed by atoms with Crippen LogP contribution in [0.2, 0.25) is 0 Å². The molecule has 1 aliphatic carbocycles. The zero-order valence-corrected chi connectivity index (χ0v) is 17.1. The predicted octanol–water partition coefficient (Wildman–Crippen LogP) is 5.63. The molecule has 2 N–H and O–H groups in total. The maximum Gasteiger partial charge on any atom is 0.154 e. The van der Waals surface area contributed by atoms with Crippen molar-refractivity contribution in [3.8, 4) is 11.5 Å². The quantitative estimate of drug-likeness (QED) is 0.457. The third-order valence-electron chi connectivity index (χ3n) is 6.33. The molecule has 4 nitrogen and oxygen atoms in total. The summed E-state index contributed by atoms with van der Waals surface area (Å²) in [5, 5.41) is 21.9. The van der Waals surface area contributed by atoms with Crippen molar-refractivity contribution < 1.29 is 19.8 Å². The lowest BCUT2D eigenvalue weighted by molar-refractivity contribution is 0.111. The first-order valence-electron chi connectivity index (χ1n) is 10.4. The van der Waals surface area contributed by atoms with Crippen molar-refractivity contribution in [3.63, 3.8) is 0 Å². The van der Waals surface area contributed by atoms with E-state index in [9.17, 15) is 19.8 Å². The van der Waals surface area contributed by atoms with E-state index in [-0.39, 0.29) is 28.5 Å². The molecular weight excluding hydrogens is 340 g/mol. The van der Waals surface area contributed by atoms with Gasteiger partial charge >= 0.3 is 0 Å². The van der Waals surface area contributed by atoms with Crippen molar-refractivity contribution in [2.45, 2.75) is 78.6 Å². The van der Waals surface area contributed by atoms with Crippen LogP contribution in [0, 0.1) is 17.8 Å². The first kappa shape index (κ1) is 21.5. The van der Waals surface area contributed by atoms with E-state index >= 15 is 0 Å². The Morgan fingerprint density at radius 1 is 1.04 bits per heavy atom. The van der Waals surface area contributed by atoms with E-state index in [0.717, 1.165) is 38.5 Å². The van der Waals surface area contributed by atoms with Gasteiger partial charge in [-0.25, -0.2) is 0 Å². The number of unbranched alkanes of at least 4 members (excludes halogenated alkanes) is 2. The van der Waals surface area contributed by atoms with Gasteiger partial charge in [0.1, 0.15) is 11.5 Å². The smallest absolute Gasteiger partial charge is 0.154 e. The van der Waals surface area contributed by atoms with E-state index in [2.05, 4.69) is 27.7 Å². The van der Waals surface area contributed by atoms with Gasteiger partial charge in [-0.3, -0.25) is 9.59 Å². The molecule has 0 heterocycles. The molecule has 1 aromatic rings. The van der Waals surface area contributed by atoms with Crippen LogP contribution in [0.5, 0.6) is 11.5 Å². The van der Waals surface area contributed by atoms with Crippen LogP contribution < -0.4 is 0 Å². The van der Waals surface area contributed by atoms with Gasteiger partial charge in [0.25, 0.3) is 0 Å². The fraction of sp³-hybridized carbons (Fsp3) is 0.652. The molecule has 0 amide bonds. The molecule has 0 spiro atoms. The number of hydrogen-bond acceptors (Lipinski definition) is 4. The first-order chi connectivity index (χ1) is 12.9. The average Bonchev–Trinajstić information content (AvgIpc) is 2.62. The first-order valence-corrected chi connectivity index (χ1v) is 10.4. The minimum absolute atomic E-state index is 0.0455. The summed E-state index contributed by atoms with van der Waals surface area (Å²) in [7, 11) is 0. The molecule has 1 aliphatic rings. The van der Waals surface area contributed by atoms with Gasteiger partial charge in [-0.1, -0.05) is 47.0 Å². The zero-order chi connectivity index (χ0) is 20.1. The molecule has 1 saturated carbocycles. The Hall–Kier alpha value is -1.84. The van der Waals surface area contributed by atoms with Crippen LogP contribution >= 0.6 is 0 Å². The number of carbonyl (C=O) groups is 2. The Kier molecular flexibility index (Phi) is 7.46. The van der Waals surface area contributed by atoms with Gasteiger partial charge in [0.2, 0.25) is 0 Å². The number of aldehydes is 2. The van der Waals surface area contributed by atoms with E-state index in [1.165, 1.54) is 0 Å². The topological polar surface area (TPSA) is 74.6 Å². The molecule has 0 aliphatic heterocycles. The number of rotatable bonds is 8. The van der Waals surface area contributed by atoms with E-state index in [4.69, 9.17) is 0 Å². The lowest BCUT2D eigenvalue weighted by Crippen LogP contribution is -2.26. The predicted molar refractivity (Wildman–Crippen MR) is 108 cm³/mol. The highest BCUT2D eigenvalue weighted by molar-refractivity contribution is 5.92. The van der Waals surface area contributed by atoms with Crippen molar-refractivity contribution in [1.82, 2.24) is 0 Å². The minimum Gasteiger partial charge on any atom is -0.507 e. The molecule has 2 rings (SSSR count). The molecule has 3 atom stereocenters. The van der Waals surface area contributed by atoms with Crippen LogP contribution in [-0.4, -0.2) is 22.8 Å². The highest BCUT2D eigenvalue weighted by Crippen LogP contribution is 2.51. The van der Waals surface area contributed by atoms with Crippen molar-refractivity contribution in [3.05, 3.63) is 22.3 Å². The maximum atomic E-state index is 11.8. The van der Waals surface area contributed by atoms with E-state index in [1.54, 1.807) is 0 Å². The standard InChI is InChI=1S/C23H34O4/c1-5-6-7-8-17-19(12-24)22(26)21(23(27)20(17)13-25)18-11-15(4)9-10-16(18)14(2)3/h12-16,18,26-27H,5-11H2,1-4H3/t15-,16+,18-/m1/s1. The van der Waals surface area contributed by atoms with Crippen LogP contribution in [0.1, 0.15) is 104 Å². The summed E-state index contributed by atoms with van der Waals surface area (Å²) in [4.78, 5) is 23.6. The molecule has 4 heteroatoms. The summed E-state index contributed by atoms with van der Waals surface area (Å²) in [6.45, 7) is 8.57. The molecule has 0 aromatic heterocycles. The molecule has 0 saturated heterocycles. The molecule has 0 radical (unpaired) electrons. The van der Waals surface area contributed by atoms with E-state index in [0.29, 0.717) is 47.9 Å². The van der Waals surface area contributed by atoms with Gasteiger partial charge in [0.05, 0.1) is 11.1 Å². The van der Waals surface area contributed by atoms with Gasteiger partial charge in [0, 0.05) is 5.56 Å². The van der Waals surface area contributed by atoms with Gasteiger partial charge in [-0.2, -0.15) is 0 Å². The molecule has 27 heavy (non-hydrogen) atoms. The summed E-state index contributed by atoms with van der Waals surface area (Å²) >= 11 is 0. The maximum absolute atomic E-state index is 11.8. The van der Waals surface area contributed by atoms with Crippen LogP contribution in [-0.2, 0) is 6.42 Å². The monoisotopic (exact) mass is 374 g/mol. The summed E-state index contributed by atoms with van der Waals surface area (Å²) in [5.41, 5.74) is 1.25. The molecule has 0 unspecified atom stereocenters. The zero-order valence-electron chi connectivity index (χ0n) is 17.1. The SMILES string of the molecule is CCCCCc1c(C=O)c(O)c([C@@H]2C[C@H](C)CC[C@H]2C(C)C)c(O)c1C=O.